The topological polar surface area (TPSA) is 172 Å². The molecule has 2 heterocycles. The maximum atomic E-state index is 15.5. The zero-order valence-electron chi connectivity index (χ0n) is 41.5. The van der Waals surface area contributed by atoms with Gasteiger partial charge in [-0.15, -0.1) is 6.58 Å². The van der Waals surface area contributed by atoms with Crippen molar-refractivity contribution < 1.29 is 48.5 Å². The molecule has 7 unspecified atom stereocenters. The Hall–Kier alpha value is -7.10. The number of benzene rings is 6. The van der Waals surface area contributed by atoms with E-state index in [0.717, 1.165) is 76.8 Å². The van der Waals surface area contributed by atoms with Gasteiger partial charge in [0, 0.05) is 49.7 Å². The maximum absolute atomic E-state index is 15.5. The average Bonchev–Trinajstić information content (AvgIpc) is 3.53. The van der Waals surface area contributed by atoms with Gasteiger partial charge in [-0.05, 0) is 126 Å². The Morgan fingerprint density at radius 2 is 1.57 bits per heavy atom. The Morgan fingerprint density at radius 3 is 2.34 bits per heavy atom. The number of unbranched alkanes of at least 4 members (excludes halogenated alkanes) is 2. The molecule has 0 aromatic heterocycles. The van der Waals surface area contributed by atoms with Gasteiger partial charge < -0.3 is 38.7 Å². The molecule has 384 valence electrons. The van der Waals surface area contributed by atoms with Gasteiger partial charge in [0.15, 0.2) is 0 Å². The standard InChI is InChI=1S/C60H63N3O11/c1-2-33-70-60-55(62(39-44-19-13-18-41-15-5-6-20-49(41)44)59(66)72-46-27-24-45(25-28-46)63(67)68)38-53(61-74-56-22-9-12-34-69-56)51-36-43(17-7-10-31-64)50(21-8-11-32-65)57(58(51)60)52-37-48(29-30-54(52)73-60)71-47-26-23-40-14-3-4-16-42(40)35-47/h2-6,13-16,18-20,23-30,35-37,43,50,55-58,64-65H,1,7-12,17,21-22,31-34,38-39H2. The number of hydrogen-bond acceptors (Lipinski definition) is 12. The number of nitro benzene ring substituents is 1. The lowest BCUT2D eigenvalue weighted by Gasteiger charge is -2.59. The molecule has 6 aromatic carbocycles. The first-order valence-electron chi connectivity index (χ1n) is 26.0. The molecule has 2 aliphatic carbocycles. The van der Waals surface area contributed by atoms with Gasteiger partial charge in [-0.25, -0.2) is 4.79 Å². The van der Waals surface area contributed by atoms with E-state index in [-0.39, 0.29) is 62.0 Å². The van der Waals surface area contributed by atoms with Crippen molar-refractivity contribution >= 4 is 39.0 Å². The third-order valence-electron chi connectivity index (χ3n) is 15.1. The lowest BCUT2D eigenvalue weighted by Crippen LogP contribution is -2.70. The summed E-state index contributed by atoms with van der Waals surface area (Å²) in [4.78, 5) is 34.7. The van der Waals surface area contributed by atoms with Crippen molar-refractivity contribution in [2.75, 3.05) is 26.4 Å². The number of nitro groups is 1. The molecule has 74 heavy (non-hydrogen) atoms. The number of allylic oxidation sites excluding steroid dienone is 1. The molecule has 2 aliphatic heterocycles. The number of aliphatic hydroxyl groups excluding tert-OH is 2. The summed E-state index contributed by atoms with van der Waals surface area (Å²) in [6.45, 7) is 4.87. The minimum atomic E-state index is -1.61. The van der Waals surface area contributed by atoms with Crippen molar-refractivity contribution in [3.8, 4) is 23.0 Å². The fourth-order valence-corrected chi connectivity index (χ4v) is 11.7. The van der Waals surface area contributed by atoms with E-state index in [4.69, 9.17) is 33.7 Å². The van der Waals surface area contributed by atoms with Crippen LogP contribution in [-0.2, 0) is 20.9 Å². The summed E-state index contributed by atoms with van der Waals surface area (Å²) in [6.07, 6.45) is 9.60. The molecule has 14 nitrogen and oxygen atoms in total. The number of oxime groups is 1. The molecule has 0 bridgehead atoms. The van der Waals surface area contributed by atoms with E-state index in [1.54, 1.807) is 11.0 Å². The zero-order valence-corrected chi connectivity index (χ0v) is 41.5. The van der Waals surface area contributed by atoms with Gasteiger partial charge in [0.1, 0.15) is 29.0 Å². The second-order valence-electron chi connectivity index (χ2n) is 19.7. The summed E-state index contributed by atoms with van der Waals surface area (Å²) in [5.41, 5.74) is 3.09. The lowest BCUT2D eigenvalue weighted by atomic mass is 9.55. The lowest BCUT2D eigenvalue weighted by molar-refractivity contribution is -0.384. The summed E-state index contributed by atoms with van der Waals surface area (Å²) in [5, 5.41) is 41.0. The van der Waals surface area contributed by atoms with Crippen LogP contribution in [0.1, 0.15) is 81.3 Å². The number of carbonyl (C=O) groups excluding carboxylic acids is 1. The number of hydrogen-bond donors (Lipinski definition) is 2. The Bertz CT molecular complexity index is 3020. The number of fused-ring (bicyclic) bond motifs is 4. The smallest absolute Gasteiger partial charge is 0.416 e. The monoisotopic (exact) mass is 1000 g/mol. The van der Waals surface area contributed by atoms with Gasteiger partial charge in [0.25, 0.3) is 5.69 Å². The van der Waals surface area contributed by atoms with Crippen LogP contribution in [0.5, 0.6) is 23.0 Å². The van der Waals surface area contributed by atoms with Crippen LogP contribution in [0.2, 0.25) is 0 Å². The molecule has 1 saturated carbocycles. The highest BCUT2D eigenvalue weighted by Crippen LogP contribution is 2.62. The maximum Gasteiger partial charge on any atom is 0.416 e. The number of ether oxygens (including phenoxy) is 5. The Balaban J connectivity index is 1.18. The first kappa shape index (κ1) is 50.4. The largest absolute Gasteiger partial charge is 0.459 e. The molecule has 10 rings (SSSR count). The molecule has 1 saturated heterocycles. The summed E-state index contributed by atoms with van der Waals surface area (Å²) >= 11 is 0. The van der Waals surface area contributed by atoms with Crippen molar-refractivity contribution in [1.82, 2.24) is 4.90 Å². The van der Waals surface area contributed by atoms with Crippen molar-refractivity contribution in [2.24, 2.45) is 22.9 Å². The zero-order chi connectivity index (χ0) is 51.0. The van der Waals surface area contributed by atoms with E-state index in [9.17, 15) is 20.3 Å². The molecule has 1 amide bonds. The second-order valence-corrected chi connectivity index (χ2v) is 19.7. The number of aliphatic hydroxyl groups is 2. The summed E-state index contributed by atoms with van der Waals surface area (Å²) in [5.74, 6) is -0.617. The van der Waals surface area contributed by atoms with Crippen LogP contribution in [0.3, 0.4) is 0 Å². The van der Waals surface area contributed by atoms with Gasteiger partial charge in [-0.1, -0.05) is 103 Å². The molecular weight excluding hydrogens is 939 g/mol. The molecule has 14 heteroatoms. The van der Waals surface area contributed by atoms with Crippen LogP contribution in [0.15, 0.2) is 157 Å². The average molecular weight is 1000 g/mol. The molecule has 6 aromatic rings. The Morgan fingerprint density at radius 1 is 0.838 bits per heavy atom. The third-order valence-corrected chi connectivity index (χ3v) is 15.1. The Kier molecular flexibility index (Phi) is 15.7. The number of rotatable bonds is 20. The SMILES string of the molecule is C=CCOC12Oc3ccc(Oc4ccc5ccccc5c4)cc3C3C(CCCCO)C(CCCCO)C=C(C(=NOC4CCCCO4)CC1N(Cc1cccc4ccccc14)C(=O)Oc1ccc([N+](=O)[O-])cc1)C32. The number of carbonyl (C=O) groups is 1. The normalized spacial score (nSPS) is 23.5. The summed E-state index contributed by atoms with van der Waals surface area (Å²) in [6, 6.07) is 38.5. The molecule has 0 spiro atoms. The third kappa shape index (κ3) is 10.6. The van der Waals surface area contributed by atoms with E-state index in [0.29, 0.717) is 48.8 Å². The van der Waals surface area contributed by atoms with Crippen molar-refractivity contribution in [3.05, 3.63) is 173 Å². The van der Waals surface area contributed by atoms with Crippen LogP contribution >= 0.6 is 0 Å². The fourth-order valence-electron chi connectivity index (χ4n) is 11.7. The molecule has 4 aliphatic rings. The van der Waals surface area contributed by atoms with Crippen LogP contribution in [-0.4, -0.2) is 76.4 Å². The number of amides is 1. The predicted octanol–water partition coefficient (Wildman–Crippen LogP) is 12.6. The van der Waals surface area contributed by atoms with Gasteiger partial charge in [0.2, 0.25) is 12.1 Å². The van der Waals surface area contributed by atoms with Crippen LogP contribution in [0.25, 0.3) is 21.5 Å². The number of non-ortho nitro benzene ring substituents is 1. The van der Waals surface area contributed by atoms with E-state index in [1.165, 1.54) is 24.3 Å². The van der Waals surface area contributed by atoms with E-state index < -0.39 is 35.1 Å². The predicted molar refractivity (Wildman–Crippen MR) is 282 cm³/mol. The molecular formula is C60H63N3O11. The first-order valence-corrected chi connectivity index (χ1v) is 26.0. The minimum absolute atomic E-state index is 0.00354. The van der Waals surface area contributed by atoms with E-state index >= 15 is 4.79 Å². The van der Waals surface area contributed by atoms with Gasteiger partial charge in [0.05, 0.1) is 36.3 Å². The highest BCUT2D eigenvalue weighted by atomic mass is 16.8. The fraction of sp³-hybridized carbons (Fsp3) is 0.367. The molecule has 7 atom stereocenters. The summed E-state index contributed by atoms with van der Waals surface area (Å²) in [7, 11) is 0. The minimum Gasteiger partial charge on any atom is -0.459 e. The van der Waals surface area contributed by atoms with E-state index in [2.05, 4.69) is 30.9 Å². The van der Waals surface area contributed by atoms with E-state index in [1.807, 2.05) is 84.9 Å². The molecule has 0 radical (unpaired) electrons. The number of nitrogens with zero attached hydrogens (tertiary/aromatic N) is 3. The van der Waals surface area contributed by atoms with Crippen molar-refractivity contribution in [3.63, 3.8) is 0 Å². The molecule has 2 fully saturated rings. The second kappa shape index (κ2) is 23.0. The molecule has 2 N–H and O–H groups in total. The quantitative estimate of drug-likeness (QED) is 0.0323. The Labute approximate surface area is 430 Å². The van der Waals surface area contributed by atoms with Crippen molar-refractivity contribution in [1.29, 1.82) is 0 Å². The first-order chi connectivity index (χ1) is 36.3. The van der Waals surface area contributed by atoms with Crippen molar-refractivity contribution in [2.45, 2.75) is 94.8 Å². The summed E-state index contributed by atoms with van der Waals surface area (Å²) < 4.78 is 33.9. The van der Waals surface area contributed by atoms with Crippen LogP contribution < -0.4 is 14.2 Å². The van der Waals surface area contributed by atoms with Gasteiger partial charge in [-0.2, -0.15) is 0 Å². The van der Waals surface area contributed by atoms with Gasteiger partial charge >= 0.3 is 6.09 Å². The van der Waals surface area contributed by atoms with Crippen LogP contribution in [0.4, 0.5) is 10.5 Å². The van der Waals surface area contributed by atoms with Crippen LogP contribution in [0, 0.1) is 27.9 Å². The highest BCUT2D eigenvalue weighted by Gasteiger charge is 2.66. The van der Waals surface area contributed by atoms with Gasteiger partial charge in [-0.3, -0.25) is 15.0 Å². The highest BCUT2D eigenvalue weighted by molar-refractivity contribution is 6.03.